The van der Waals surface area contributed by atoms with E-state index in [1.165, 1.54) is 5.56 Å². The molecule has 0 fully saturated rings. The molecule has 1 heterocycles. The van der Waals surface area contributed by atoms with Gasteiger partial charge in [0, 0.05) is 12.5 Å². The van der Waals surface area contributed by atoms with Gasteiger partial charge in [0.1, 0.15) is 10.0 Å². The van der Waals surface area contributed by atoms with Gasteiger partial charge in [-0.3, -0.25) is 0 Å². The van der Waals surface area contributed by atoms with Crippen molar-refractivity contribution in [3.63, 3.8) is 0 Å². The summed E-state index contributed by atoms with van der Waals surface area (Å²) in [5.74, 6) is 0.923. The number of nitrogens with one attached hydrogen (secondary N) is 1. The maximum atomic E-state index is 4.41. The normalized spacial score (nSPS) is 14.3. The summed E-state index contributed by atoms with van der Waals surface area (Å²) in [6.45, 7) is 5.31. The van der Waals surface area contributed by atoms with E-state index in [2.05, 4.69) is 59.7 Å². The van der Waals surface area contributed by atoms with Crippen molar-refractivity contribution in [1.29, 1.82) is 0 Å². The molecule has 0 amide bonds. The van der Waals surface area contributed by atoms with E-state index in [-0.39, 0.29) is 0 Å². The fourth-order valence-corrected chi connectivity index (χ4v) is 3.34. The average molecular weight is 275 g/mol. The standard InChI is InChI=1S/C15H21N3S/c1-4-11(2)14(12-8-6-5-7-9-12)15-18-17-13(19-15)10-16-3/h5-9,11,14,16H,4,10H2,1-3H3. The van der Waals surface area contributed by atoms with Crippen molar-refractivity contribution in [2.24, 2.45) is 5.92 Å². The molecule has 0 aliphatic rings. The van der Waals surface area contributed by atoms with Gasteiger partial charge in [-0.25, -0.2) is 0 Å². The van der Waals surface area contributed by atoms with Crippen molar-refractivity contribution in [2.75, 3.05) is 7.05 Å². The Kier molecular flexibility index (Phi) is 5.05. The molecule has 0 saturated heterocycles. The molecule has 0 bridgehead atoms. The smallest absolute Gasteiger partial charge is 0.131 e. The molecule has 1 aromatic carbocycles. The molecule has 2 atom stereocenters. The van der Waals surface area contributed by atoms with Crippen LogP contribution in [-0.4, -0.2) is 17.2 Å². The predicted molar refractivity (Wildman–Crippen MR) is 80.4 cm³/mol. The third-order valence-corrected chi connectivity index (χ3v) is 4.45. The third kappa shape index (κ3) is 3.39. The minimum Gasteiger partial charge on any atom is -0.313 e. The highest BCUT2D eigenvalue weighted by Gasteiger charge is 2.23. The van der Waals surface area contributed by atoms with Gasteiger partial charge in [-0.15, -0.1) is 10.2 Å². The second-order valence-corrected chi connectivity index (χ2v) is 5.93. The van der Waals surface area contributed by atoms with E-state index in [9.17, 15) is 0 Å². The molecule has 0 saturated carbocycles. The molecule has 3 nitrogen and oxygen atoms in total. The first kappa shape index (κ1) is 14.2. The van der Waals surface area contributed by atoms with Gasteiger partial charge in [0.15, 0.2) is 0 Å². The Morgan fingerprint density at radius 1 is 1.21 bits per heavy atom. The number of hydrogen-bond donors (Lipinski definition) is 1. The molecule has 2 aromatic rings. The molecule has 0 spiro atoms. The number of rotatable bonds is 6. The van der Waals surface area contributed by atoms with Crippen molar-refractivity contribution in [1.82, 2.24) is 15.5 Å². The van der Waals surface area contributed by atoms with Gasteiger partial charge in [-0.2, -0.15) is 0 Å². The predicted octanol–water partition coefficient (Wildman–Crippen LogP) is 3.44. The fraction of sp³-hybridized carbons (Fsp3) is 0.467. The summed E-state index contributed by atoms with van der Waals surface area (Å²) < 4.78 is 0. The molecule has 0 radical (unpaired) electrons. The first-order valence-electron chi connectivity index (χ1n) is 6.78. The van der Waals surface area contributed by atoms with E-state index in [1.807, 2.05) is 7.05 Å². The van der Waals surface area contributed by atoms with Crippen molar-refractivity contribution < 1.29 is 0 Å². The van der Waals surface area contributed by atoms with Gasteiger partial charge in [0.05, 0.1) is 0 Å². The van der Waals surface area contributed by atoms with E-state index >= 15 is 0 Å². The molecule has 2 unspecified atom stereocenters. The Hall–Kier alpha value is -1.26. The molecule has 1 N–H and O–H groups in total. The molecule has 2 rings (SSSR count). The van der Waals surface area contributed by atoms with Crippen LogP contribution in [0.2, 0.25) is 0 Å². The van der Waals surface area contributed by atoms with Crippen LogP contribution in [0.5, 0.6) is 0 Å². The second-order valence-electron chi connectivity index (χ2n) is 4.84. The minimum absolute atomic E-state index is 0.356. The largest absolute Gasteiger partial charge is 0.313 e. The average Bonchev–Trinajstić information content (AvgIpc) is 2.89. The van der Waals surface area contributed by atoms with Crippen LogP contribution >= 0.6 is 11.3 Å². The van der Waals surface area contributed by atoms with Gasteiger partial charge >= 0.3 is 0 Å². The lowest BCUT2D eigenvalue weighted by Crippen LogP contribution is -2.10. The molecule has 4 heteroatoms. The van der Waals surface area contributed by atoms with Crippen LogP contribution in [0, 0.1) is 5.92 Å². The molecule has 0 aliphatic carbocycles. The highest BCUT2D eigenvalue weighted by Crippen LogP contribution is 2.35. The Morgan fingerprint density at radius 2 is 1.95 bits per heavy atom. The maximum Gasteiger partial charge on any atom is 0.131 e. The zero-order valence-electron chi connectivity index (χ0n) is 11.8. The summed E-state index contributed by atoms with van der Waals surface area (Å²) >= 11 is 1.72. The summed E-state index contributed by atoms with van der Waals surface area (Å²) in [7, 11) is 1.93. The quantitative estimate of drug-likeness (QED) is 0.877. The van der Waals surface area contributed by atoms with E-state index < -0.39 is 0 Å². The maximum absolute atomic E-state index is 4.41. The summed E-state index contributed by atoms with van der Waals surface area (Å²) in [5.41, 5.74) is 1.34. The van der Waals surface area contributed by atoms with Crippen molar-refractivity contribution in [2.45, 2.75) is 32.7 Å². The van der Waals surface area contributed by atoms with Crippen LogP contribution in [0.25, 0.3) is 0 Å². The van der Waals surface area contributed by atoms with Gasteiger partial charge in [0.2, 0.25) is 0 Å². The number of aromatic nitrogens is 2. The van der Waals surface area contributed by atoms with Crippen LogP contribution in [0.4, 0.5) is 0 Å². The molecule has 19 heavy (non-hydrogen) atoms. The van der Waals surface area contributed by atoms with Crippen molar-refractivity contribution in [3.8, 4) is 0 Å². The number of benzene rings is 1. The summed E-state index contributed by atoms with van der Waals surface area (Å²) in [4.78, 5) is 0. The lowest BCUT2D eigenvalue weighted by atomic mass is 9.86. The Bertz CT molecular complexity index is 495. The molecule has 0 aliphatic heterocycles. The number of hydrogen-bond acceptors (Lipinski definition) is 4. The lowest BCUT2D eigenvalue weighted by molar-refractivity contribution is 0.492. The summed E-state index contributed by atoms with van der Waals surface area (Å²) in [5, 5.41) is 14.0. The van der Waals surface area contributed by atoms with E-state index in [4.69, 9.17) is 0 Å². The molecule has 102 valence electrons. The van der Waals surface area contributed by atoms with Gasteiger partial charge in [-0.1, -0.05) is 61.9 Å². The van der Waals surface area contributed by atoms with Crippen LogP contribution in [-0.2, 0) is 6.54 Å². The first-order valence-corrected chi connectivity index (χ1v) is 7.59. The van der Waals surface area contributed by atoms with Crippen molar-refractivity contribution in [3.05, 3.63) is 45.9 Å². The zero-order valence-corrected chi connectivity index (χ0v) is 12.6. The van der Waals surface area contributed by atoms with E-state index in [1.54, 1.807) is 11.3 Å². The van der Waals surface area contributed by atoms with E-state index in [0.29, 0.717) is 11.8 Å². The molecular weight excluding hydrogens is 254 g/mol. The SMILES string of the molecule is CCC(C)C(c1ccccc1)c1nnc(CNC)s1. The highest BCUT2D eigenvalue weighted by molar-refractivity contribution is 7.11. The number of nitrogens with zero attached hydrogens (tertiary/aromatic N) is 2. The summed E-state index contributed by atoms with van der Waals surface area (Å²) in [6, 6.07) is 10.6. The first-order chi connectivity index (χ1) is 9.26. The van der Waals surface area contributed by atoms with Crippen LogP contribution < -0.4 is 5.32 Å². The minimum atomic E-state index is 0.356. The Balaban J connectivity index is 2.32. The molecule has 1 aromatic heterocycles. The van der Waals surface area contributed by atoms with Crippen LogP contribution in [0.3, 0.4) is 0 Å². The fourth-order valence-electron chi connectivity index (χ4n) is 2.23. The van der Waals surface area contributed by atoms with E-state index in [0.717, 1.165) is 23.0 Å². The third-order valence-electron chi connectivity index (χ3n) is 3.45. The van der Waals surface area contributed by atoms with Crippen molar-refractivity contribution >= 4 is 11.3 Å². The monoisotopic (exact) mass is 275 g/mol. The topological polar surface area (TPSA) is 37.8 Å². The second kappa shape index (κ2) is 6.78. The Labute approximate surface area is 119 Å². The lowest BCUT2D eigenvalue weighted by Gasteiger charge is -2.20. The highest BCUT2D eigenvalue weighted by atomic mass is 32.1. The Morgan fingerprint density at radius 3 is 2.58 bits per heavy atom. The van der Waals surface area contributed by atoms with Gasteiger partial charge in [0.25, 0.3) is 0 Å². The zero-order chi connectivity index (χ0) is 13.7. The van der Waals surface area contributed by atoms with Crippen LogP contribution in [0.15, 0.2) is 30.3 Å². The summed E-state index contributed by atoms with van der Waals surface area (Å²) in [6.07, 6.45) is 1.14. The van der Waals surface area contributed by atoms with Crippen LogP contribution in [0.1, 0.15) is 41.8 Å². The molecular formula is C15H21N3S. The van der Waals surface area contributed by atoms with Gasteiger partial charge < -0.3 is 5.32 Å². The van der Waals surface area contributed by atoms with Gasteiger partial charge in [-0.05, 0) is 18.5 Å².